The lowest BCUT2D eigenvalue weighted by Crippen LogP contribution is -2.24. The molecule has 1 aliphatic rings. The summed E-state index contributed by atoms with van der Waals surface area (Å²) in [5.74, 6) is 0.430. The molecule has 3 N–H and O–H groups in total. The highest BCUT2D eigenvalue weighted by Gasteiger charge is 2.23. The quantitative estimate of drug-likeness (QED) is 0.529. The molecule has 1 amide bonds. The van der Waals surface area contributed by atoms with Crippen LogP contribution in [0.3, 0.4) is 0 Å². The molecule has 3 aromatic rings. The van der Waals surface area contributed by atoms with E-state index >= 15 is 0 Å². The fourth-order valence-corrected chi connectivity index (χ4v) is 3.19. The molecule has 4 rings (SSSR count). The van der Waals surface area contributed by atoms with E-state index in [0.717, 1.165) is 12.8 Å². The molecule has 0 unspecified atom stereocenters. The van der Waals surface area contributed by atoms with Gasteiger partial charge in [-0.1, -0.05) is 12.1 Å². The zero-order valence-electron chi connectivity index (χ0n) is 16.7. The van der Waals surface area contributed by atoms with Gasteiger partial charge < -0.3 is 20.1 Å². The van der Waals surface area contributed by atoms with E-state index < -0.39 is 0 Å². The lowest BCUT2D eigenvalue weighted by molar-refractivity contribution is 0.0946. The first-order valence-corrected chi connectivity index (χ1v) is 9.98. The number of imidazole rings is 1. The molecule has 0 bridgehead atoms. The van der Waals surface area contributed by atoms with Gasteiger partial charge in [0.05, 0.1) is 36.5 Å². The van der Waals surface area contributed by atoms with E-state index in [-0.39, 0.29) is 24.9 Å². The van der Waals surface area contributed by atoms with Crippen molar-refractivity contribution in [1.82, 2.24) is 15.3 Å². The van der Waals surface area contributed by atoms with E-state index in [9.17, 15) is 14.3 Å². The monoisotopic (exact) mass is 409 g/mol. The molecule has 1 saturated carbocycles. The van der Waals surface area contributed by atoms with Crippen LogP contribution in [0.2, 0.25) is 0 Å². The average molecular weight is 409 g/mol. The van der Waals surface area contributed by atoms with Gasteiger partial charge in [-0.2, -0.15) is 0 Å². The summed E-state index contributed by atoms with van der Waals surface area (Å²) in [6.07, 6.45) is 3.79. The number of aromatic amines is 1. The third-order valence-electron chi connectivity index (χ3n) is 5.23. The molecular weight excluding hydrogens is 385 g/mol. The van der Waals surface area contributed by atoms with Crippen LogP contribution >= 0.6 is 0 Å². The van der Waals surface area contributed by atoms with Gasteiger partial charge in [-0.05, 0) is 61.1 Å². The Morgan fingerprint density at radius 3 is 2.87 bits per heavy atom. The number of hydrogen-bond acceptors (Lipinski definition) is 4. The van der Waals surface area contributed by atoms with Crippen molar-refractivity contribution >= 4 is 5.91 Å². The molecule has 0 spiro atoms. The molecule has 1 fully saturated rings. The number of aromatic nitrogens is 2. The van der Waals surface area contributed by atoms with E-state index in [1.54, 1.807) is 31.2 Å². The van der Waals surface area contributed by atoms with Crippen molar-refractivity contribution in [2.24, 2.45) is 5.92 Å². The zero-order valence-corrected chi connectivity index (χ0v) is 16.7. The predicted molar refractivity (Wildman–Crippen MR) is 110 cm³/mol. The normalized spacial score (nSPS) is 13.3. The lowest BCUT2D eigenvalue weighted by Gasteiger charge is -2.13. The van der Waals surface area contributed by atoms with Gasteiger partial charge in [-0.15, -0.1) is 0 Å². The van der Waals surface area contributed by atoms with Crippen LogP contribution in [0.15, 0.2) is 42.7 Å². The highest BCUT2D eigenvalue weighted by Crippen LogP contribution is 2.32. The van der Waals surface area contributed by atoms with Crippen LogP contribution < -0.4 is 10.1 Å². The summed E-state index contributed by atoms with van der Waals surface area (Å²) in [4.78, 5) is 20.1. The Morgan fingerprint density at radius 1 is 1.30 bits per heavy atom. The smallest absolute Gasteiger partial charge is 0.255 e. The number of carbonyl (C=O) groups excluding carboxylic acids is 1. The molecule has 1 aromatic heterocycles. The largest absolute Gasteiger partial charge is 0.492 e. The van der Waals surface area contributed by atoms with E-state index in [1.807, 2.05) is 6.07 Å². The number of benzene rings is 2. The van der Waals surface area contributed by atoms with Crippen LogP contribution in [0.25, 0.3) is 11.3 Å². The Bertz CT molecular complexity index is 1060. The summed E-state index contributed by atoms with van der Waals surface area (Å²) in [7, 11) is 0. The third kappa shape index (κ3) is 4.52. The van der Waals surface area contributed by atoms with E-state index in [1.165, 1.54) is 12.4 Å². The Labute approximate surface area is 174 Å². The van der Waals surface area contributed by atoms with Gasteiger partial charge in [0.15, 0.2) is 0 Å². The molecule has 0 radical (unpaired) electrons. The molecule has 6 nitrogen and oxygen atoms in total. The van der Waals surface area contributed by atoms with Crippen molar-refractivity contribution in [3.05, 3.63) is 70.9 Å². The van der Waals surface area contributed by atoms with Crippen LogP contribution in [-0.2, 0) is 13.2 Å². The predicted octanol–water partition coefficient (Wildman–Crippen LogP) is 3.74. The summed E-state index contributed by atoms with van der Waals surface area (Å²) in [5, 5.41) is 12.3. The number of amides is 1. The van der Waals surface area contributed by atoms with Gasteiger partial charge in [0, 0.05) is 12.1 Å². The molecule has 7 heteroatoms. The van der Waals surface area contributed by atoms with Crippen molar-refractivity contribution in [2.75, 3.05) is 6.61 Å². The average Bonchev–Trinajstić information content (AvgIpc) is 3.47. The molecule has 1 heterocycles. The van der Waals surface area contributed by atoms with Gasteiger partial charge in [-0.25, -0.2) is 9.37 Å². The Balaban J connectivity index is 1.57. The van der Waals surface area contributed by atoms with Gasteiger partial charge in [0.25, 0.3) is 5.91 Å². The van der Waals surface area contributed by atoms with E-state index in [4.69, 9.17) is 4.74 Å². The van der Waals surface area contributed by atoms with Crippen molar-refractivity contribution in [3.63, 3.8) is 0 Å². The summed E-state index contributed by atoms with van der Waals surface area (Å²) >= 11 is 0. The maximum Gasteiger partial charge on any atom is 0.255 e. The summed E-state index contributed by atoms with van der Waals surface area (Å²) in [5.41, 5.74) is 3.48. The molecule has 1 aliphatic carbocycles. The van der Waals surface area contributed by atoms with Gasteiger partial charge in [0.1, 0.15) is 11.6 Å². The fraction of sp³-hybridized carbons (Fsp3) is 0.304. The minimum absolute atomic E-state index is 0.185. The van der Waals surface area contributed by atoms with Gasteiger partial charge in [-0.3, -0.25) is 4.79 Å². The van der Waals surface area contributed by atoms with Crippen LogP contribution in [0.4, 0.5) is 4.39 Å². The van der Waals surface area contributed by atoms with E-state index in [0.29, 0.717) is 51.9 Å². The number of rotatable bonds is 8. The number of halogens is 1. The van der Waals surface area contributed by atoms with Crippen LogP contribution in [0.1, 0.15) is 40.0 Å². The van der Waals surface area contributed by atoms with Crippen molar-refractivity contribution < 1.29 is 19.0 Å². The molecule has 0 atom stereocenters. The Morgan fingerprint density at radius 2 is 2.13 bits per heavy atom. The van der Waals surface area contributed by atoms with Crippen molar-refractivity contribution in [3.8, 4) is 17.0 Å². The Kier molecular flexibility index (Phi) is 5.81. The standard InChI is InChI=1S/C23H24FN3O3/c1-14-2-3-16(8-19(14)24)10-25-23(29)18-9-17(22-20(11-28)26-13-27-22)6-7-21(18)30-12-15-4-5-15/h2-3,6-9,13,15,28H,4-5,10-12H2,1H3,(H,25,29)(H,26,27). The lowest BCUT2D eigenvalue weighted by atomic mass is 10.0. The van der Waals surface area contributed by atoms with Gasteiger partial charge >= 0.3 is 0 Å². The van der Waals surface area contributed by atoms with Crippen molar-refractivity contribution in [1.29, 1.82) is 0 Å². The topological polar surface area (TPSA) is 87.2 Å². The summed E-state index contributed by atoms with van der Waals surface area (Å²) in [6.45, 7) is 2.29. The minimum atomic E-state index is -0.315. The molecule has 2 aromatic carbocycles. The molecule has 156 valence electrons. The first-order valence-electron chi connectivity index (χ1n) is 9.98. The SMILES string of the molecule is Cc1ccc(CNC(=O)c2cc(-c3nc[nH]c3CO)ccc2OCC2CC2)cc1F. The third-order valence-corrected chi connectivity index (χ3v) is 5.23. The van der Waals surface area contributed by atoms with Crippen molar-refractivity contribution in [2.45, 2.75) is 32.9 Å². The maximum atomic E-state index is 13.8. The zero-order chi connectivity index (χ0) is 21.1. The number of hydrogen-bond donors (Lipinski definition) is 3. The molecular formula is C23H24FN3O3. The molecule has 30 heavy (non-hydrogen) atoms. The number of aryl methyl sites for hydroxylation is 1. The number of ether oxygens (including phenoxy) is 1. The first kappa shape index (κ1) is 20.1. The second-order valence-electron chi connectivity index (χ2n) is 7.62. The molecule has 0 aliphatic heterocycles. The second-order valence-corrected chi connectivity index (χ2v) is 7.62. The van der Waals surface area contributed by atoms with Crippen LogP contribution in [0, 0.1) is 18.7 Å². The summed E-state index contributed by atoms with van der Waals surface area (Å²) in [6, 6.07) is 10.2. The van der Waals surface area contributed by atoms with Crippen LogP contribution in [-0.4, -0.2) is 27.6 Å². The Hall–Kier alpha value is -3.19. The number of nitrogens with zero attached hydrogens (tertiary/aromatic N) is 1. The fourth-order valence-electron chi connectivity index (χ4n) is 3.19. The number of nitrogens with one attached hydrogen (secondary N) is 2. The maximum absolute atomic E-state index is 13.8. The number of H-pyrrole nitrogens is 1. The highest BCUT2D eigenvalue weighted by molar-refractivity contribution is 5.98. The number of aliphatic hydroxyl groups is 1. The molecule has 0 saturated heterocycles. The first-order chi connectivity index (χ1) is 14.5. The van der Waals surface area contributed by atoms with E-state index in [2.05, 4.69) is 15.3 Å². The summed E-state index contributed by atoms with van der Waals surface area (Å²) < 4.78 is 19.7. The minimum Gasteiger partial charge on any atom is -0.492 e. The number of aliphatic hydroxyl groups excluding tert-OH is 1. The number of carbonyl (C=O) groups is 1. The van der Waals surface area contributed by atoms with Crippen LogP contribution in [0.5, 0.6) is 5.75 Å². The second kappa shape index (κ2) is 8.67. The van der Waals surface area contributed by atoms with Gasteiger partial charge in [0.2, 0.25) is 0 Å². The highest BCUT2D eigenvalue weighted by atomic mass is 19.1.